The summed E-state index contributed by atoms with van der Waals surface area (Å²) in [5, 5.41) is 5.25. The first kappa shape index (κ1) is 25.8. The number of likely N-dealkylation sites (tertiary alicyclic amines) is 1. The lowest BCUT2D eigenvalue weighted by molar-refractivity contribution is 0.0996. The van der Waals surface area contributed by atoms with Crippen molar-refractivity contribution in [3.05, 3.63) is 40.2 Å². The normalized spacial score (nSPS) is 14.5. The largest absolute Gasteiger partial charge is 0.471 e. The standard InChI is InChI=1S/C22H28F3N5O3S/c1-13-11-15(23)14(18(25)17(13)24)12-33-20-16(19(26)31)21(34-29-20)28-22(32)27-7-6-10-30-8-4-2-3-5-9-30/h11H,2-10,12H2,1H3,(H2,26,31)(H2,27,28,32). The van der Waals surface area contributed by atoms with E-state index in [1.165, 1.54) is 32.6 Å². The molecule has 0 saturated carbocycles. The highest BCUT2D eigenvalue weighted by molar-refractivity contribution is 7.11. The average molecular weight is 500 g/mol. The van der Waals surface area contributed by atoms with E-state index in [1.54, 1.807) is 0 Å². The van der Waals surface area contributed by atoms with Crippen LogP contribution in [0.25, 0.3) is 0 Å². The molecule has 0 unspecified atom stereocenters. The summed E-state index contributed by atoms with van der Waals surface area (Å²) in [5.74, 6) is -4.83. The van der Waals surface area contributed by atoms with Crippen LogP contribution in [0.1, 0.15) is 53.6 Å². The molecule has 1 fully saturated rings. The van der Waals surface area contributed by atoms with Crippen molar-refractivity contribution in [3.8, 4) is 5.88 Å². The molecule has 2 heterocycles. The van der Waals surface area contributed by atoms with Crippen LogP contribution >= 0.6 is 11.5 Å². The number of hydrogen-bond donors (Lipinski definition) is 3. The van der Waals surface area contributed by atoms with Gasteiger partial charge in [-0.15, -0.1) is 0 Å². The Hall–Kier alpha value is -2.86. The maximum absolute atomic E-state index is 14.1. The van der Waals surface area contributed by atoms with Crippen molar-refractivity contribution in [3.63, 3.8) is 0 Å². The third kappa shape index (κ3) is 6.60. The number of nitrogens with one attached hydrogen (secondary N) is 2. The Bertz CT molecular complexity index is 1030. The predicted octanol–water partition coefficient (Wildman–Crippen LogP) is 3.93. The minimum absolute atomic E-state index is 0.0311. The lowest BCUT2D eigenvalue weighted by Gasteiger charge is -2.19. The van der Waals surface area contributed by atoms with E-state index in [0.717, 1.165) is 43.7 Å². The van der Waals surface area contributed by atoms with E-state index in [9.17, 15) is 22.8 Å². The number of urea groups is 1. The van der Waals surface area contributed by atoms with Gasteiger partial charge in [0.15, 0.2) is 11.6 Å². The molecule has 0 spiro atoms. The second-order valence-electron chi connectivity index (χ2n) is 8.12. The third-order valence-corrected chi connectivity index (χ3v) is 6.30. The fourth-order valence-electron chi connectivity index (χ4n) is 3.71. The zero-order valence-corrected chi connectivity index (χ0v) is 19.7. The monoisotopic (exact) mass is 499 g/mol. The number of ether oxygens (including phenoxy) is 1. The molecule has 1 aliphatic heterocycles. The molecule has 34 heavy (non-hydrogen) atoms. The molecule has 0 aliphatic carbocycles. The number of amides is 3. The van der Waals surface area contributed by atoms with Gasteiger partial charge in [-0.3, -0.25) is 10.1 Å². The Morgan fingerprint density at radius 2 is 1.88 bits per heavy atom. The maximum Gasteiger partial charge on any atom is 0.319 e. The second-order valence-corrected chi connectivity index (χ2v) is 8.89. The molecule has 8 nitrogen and oxygen atoms in total. The van der Waals surface area contributed by atoms with Gasteiger partial charge in [0.2, 0.25) is 5.88 Å². The maximum atomic E-state index is 14.1. The molecular formula is C22H28F3N5O3S. The second kappa shape index (κ2) is 12.0. The van der Waals surface area contributed by atoms with Gasteiger partial charge in [-0.2, -0.15) is 4.37 Å². The van der Waals surface area contributed by atoms with Gasteiger partial charge in [-0.05, 0) is 69.0 Å². The minimum Gasteiger partial charge on any atom is -0.471 e. The first-order valence-corrected chi connectivity index (χ1v) is 11.9. The molecule has 2 aromatic rings. The average Bonchev–Trinajstić information content (AvgIpc) is 3.00. The minimum atomic E-state index is -1.38. The van der Waals surface area contributed by atoms with Gasteiger partial charge in [0, 0.05) is 6.54 Å². The number of anilines is 1. The number of carbonyl (C=O) groups excluding carboxylic acids is 2. The molecule has 0 bridgehead atoms. The molecular weight excluding hydrogens is 471 g/mol. The van der Waals surface area contributed by atoms with E-state index >= 15 is 0 Å². The molecule has 1 saturated heterocycles. The predicted molar refractivity (Wildman–Crippen MR) is 123 cm³/mol. The SMILES string of the molecule is Cc1cc(F)c(COc2nsc(NC(=O)NCCCN3CCCCCC3)c2C(N)=O)c(F)c1F. The number of aromatic nitrogens is 1. The van der Waals surface area contributed by atoms with Gasteiger partial charge in [0.1, 0.15) is 23.0 Å². The molecule has 1 aromatic carbocycles. The van der Waals surface area contributed by atoms with Crippen LogP contribution < -0.4 is 21.1 Å². The molecule has 4 N–H and O–H groups in total. The summed E-state index contributed by atoms with van der Waals surface area (Å²) in [7, 11) is 0. The number of carbonyl (C=O) groups is 2. The summed E-state index contributed by atoms with van der Waals surface area (Å²) >= 11 is 0.729. The van der Waals surface area contributed by atoms with E-state index < -0.39 is 41.6 Å². The van der Waals surface area contributed by atoms with E-state index in [1.807, 2.05) is 0 Å². The summed E-state index contributed by atoms with van der Waals surface area (Å²) in [4.78, 5) is 26.6. The smallest absolute Gasteiger partial charge is 0.319 e. The van der Waals surface area contributed by atoms with Crippen molar-refractivity contribution in [1.82, 2.24) is 14.6 Å². The third-order valence-electron chi connectivity index (χ3n) is 5.56. The van der Waals surface area contributed by atoms with Crippen molar-refractivity contribution in [2.45, 2.75) is 45.6 Å². The van der Waals surface area contributed by atoms with Gasteiger partial charge in [-0.25, -0.2) is 18.0 Å². The van der Waals surface area contributed by atoms with Crippen molar-refractivity contribution in [2.75, 3.05) is 31.5 Å². The zero-order valence-electron chi connectivity index (χ0n) is 18.9. The van der Waals surface area contributed by atoms with Crippen LogP contribution in [0, 0.1) is 24.4 Å². The van der Waals surface area contributed by atoms with Crippen molar-refractivity contribution >= 4 is 28.5 Å². The number of benzene rings is 1. The van der Waals surface area contributed by atoms with Crippen LogP contribution in [0.4, 0.5) is 23.0 Å². The summed E-state index contributed by atoms with van der Waals surface area (Å²) in [6, 6.07) is 0.295. The molecule has 3 amide bonds. The number of primary amides is 1. The number of rotatable bonds is 9. The van der Waals surface area contributed by atoms with Gasteiger partial charge in [-0.1, -0.05) is 12.8 Å². The van der Waals surface area contributed by atoms with E-state index in [0.29, 0.717) is 6.54 Å². The number of nitrogens with zero attached hydrogens (tertiary/aromatic N) is 2. The number of nitrogens with two attached hydrogens (primary N) is 1. The molecule has 1 aliphatic rings. The van der Waals surface area contributed by atoms with Crippen molar-refractivity contribution < 1.29 is 27.5 Å². The molecule has 0 atom stereocenters. The number of halogens is 3. The van der Waals surface area contributed by atoms with E-state index in [4.69, 9.17) is 10.5 Å². The van der Waals surface area contributed by atoms with Crippen LogP contribution in [-0.4, -0.2) is 47.4 Å². The molecule has 0 radical (unpaired) electrons. The first-order chi connectivity index (χ1) is 16.3. The topological polar surface area (TPSA) is 110 Å². The van der Waals surface area contributed by atoms with E-state index in [-0.39, 0.29) is 22.0 Å². The summed E-state index contributed by atoms with van der Waals surface area (Å²) in [6.07, 6.45) is 5.67. The fraction of sp³-hybridized carbons (Fsp3) is 0.500. The number of hydrogen-bond acceptors (Lipinski definition) is 6. The van der Waals surface area contributed by atoms with Crippen molar-refractivity contribution in [2.24, 2.45) is 5.73 Å². The van der Waals surface area contributed by atoms with Gasteiger partial charge in [0.25, 0.3) is 5.91 Å². The lowest BCUT2D eigenvalue weighted by atomic mass is 10.1. The molecule has 12 heteroatoms. The highest BCUT2D eigenvalue weighted by atomic mass is 32.1. The first-order valence-electron chi connectivity index (χ1n) is 11.1. The lowest BCUT2D eigenvalue weighted by Crippen LogP contribution is -2.33. The summed E-state index contributed by atoms with van der Waals surface area (Å²) < 4.78 is 51.0. The Morgan fingerprint density at radius 3 is 2.56 bits per heavy atom. The fourth-order valence-corrected chi connectivity index (χ4v) is 4.45. The molecule has 186 valence electrons. The van der Waals surface area contributed by atoms with Crippen LogP contribution in [0.15, 0.2) is 6.07 Å². The molecule has 3 rings (SSSR count). The van der Waals surface area contributed by atoms with Gasteiger partial charge in [0.05, 0.1) is 5.56 Å². The molecule has 1 aromatic heterocycles. The van der Waals surface area contributed by atoms with Crippen LogP contribution in [0.3, 0.4) is 0 Å². The Balaban J connectivity index is 1.56. The highest BCUT2D eigenvalue weighted by Crippen LogP contribution is 2.31. The highest BCUT2D eigenvalue weighted by Gasteiger charge is 2.24. The Morgan fingerprint density at radius 1 is 1.18 bits per heavy atom. The number of aryl methyl sites for hydroxylation is 1. The van der Waals surface area contributed by atoms with E-state index in [2.05, 4.69) is 19.9 Å². The quantitative estimate of drug-likeness (QED) is 0.358. The summed E-state index contributed by atoms with van der Waals surface area (Å²) in [5.41, 5.74) is 4.31. The van der Waals surface area contributed by atoms with Crippen molar-refractivity contribution in [1.29, 1.82) is 0 Å². The van der Waals surface area contributed by atoms with Gasteiger partial charge >= 0.3 is 6.03 Å². The van der Waals surface area contributed by atoms with Gasteiger partial charge < -0.3 is 20.7 Å². The Kier molecular flexibility index (Phi) is 9.11. The van der Waals surface area contributed by atoms with Crippen LogP contribution in [0.5, 0.6) is 5.88 Å². The van der Waals surface area contributed by atoms with Crippen LogP contribution in [0.2, 0.25) is 0 Å². The summed E-state index contributed by atoms with van der Waals surface area (Å²) in [6.45, 7) is 3.98. The van der Waals surface area contributed by atoms with Crippen LogP contribution in [-0.2, 0) is 6.61 Å². The Labute approximate surface area is 199 Å². The zero-order chi connectivity index (χ0) is 24.7.